The van der Waals surface area contributed by atoms with E-state index in [2.05, 4.69) is 15.4 Å². The molecule has 104 valence electrons. The van der Waals surface area contributed by atoms with Gasteiger partial charge in [-0.15, -0.1) is 0 Å². The highest BCUT2D eigenvalue weighted by Gasteiger charge is 2.02. The summed E-state index contributed by atoms with van der Waals surface area (Å²) in [7, 11) is 1.36. The molecule has 2 N–H and O–H groups in total. The number of benzene rings is 1. The molecule has 1 rings (SSSR count). The van der Waals surface area contributed by atoms with E-state index < -0.39 is 0 Å². The maximum Gasteiger partial charge on any atom is 0.305 e. The van der Waals surface area contributed by atoms with Gasteiger partial charge in [0.1, 0.15) is 5.82 Å². The maximum atomic E-state index is 13.3. The van der Waals surface area contributed by atoms with E-state index in [4.69, 9.17) is 12.2 Å². The average Bonchev–Trinajstić information content (AvgIpc) is 2.42. The van der Waals surface area contributed by atoms with Gasteiger partial charge in [0.15, 0.2) is 5.11 Å². The van der Waals surface area contributed by atoms with E-state index in [0.29, 0.717) is 36.6 Å². The number of carbonyl (C=O) groups excluding carboxylic acids is 1. The number of esters is 1. The Hall–Kier alpha value is -1.69. The first-order chi connectivity index (χ1) is 9.13. The van der Waals surface area contributed by atoms with Crippen LogP contribution >= 0.6 is 12.2 Å². The Balaban J connectivity index is 2.18. The van der Waals surface area contributed by atoms with Crippen molar-refractivity contribution in [1.82, 2.24) is 10.6 Å². The standard InChI is InChI=1S/C13H17FN2O2S/c1-18-12(17)7-4-8-15-13(19)16-9-10-5-2-3-6-11(10)14/h2-3,5-6H,4,7-9H2,1H3,(H2,15,16,19). The first kappa shape index (κ1) is 15.4. The van der Waals surface area contributed by atoms with Gasteiger partial charge in [-0.1, -0.05) is 18.2 Å². The topological polar surface area (TPSA) is 50.4 Å². The van der Waals surface area contributed by atoms with Crippen molar-refractivity contribution < 1.29 is 13.9 Å². The molecule has 1 aromatic carbocycles. The van der Waals surface area contributed by atoms with Crippen molar-refractivity contribution in [3.63, 3.8) is 0 Å². The summed E-state index contributed by atoms with van der Waals surface area (Å²) in [5, 5.41) is 6.29. The van der Waals surface area contributed by atoms with E-state index >= 15 is 0 Å². The quantitative estimate of drug-likeness (QED) is 0.473. The number of methoxy groups -OCH3 is 1. The molecule has 19 heavy (non-hydrogen) atoms. The smallest absolute Gasteiger partial charge is 0.305 e. The highest BCUT2D eigenvalue weighted by atomic mass is 32.1. The third-order valence-corrected chi connectivity index (χ3v) is 2.76. The van der Waals surface area contributed by atoms with Gasteiger partial charge in [-0.2, -0.15) is 0 Å². The predicted molar refractivity (Wildman–Crippen MR) is 75.1 cm³/mol. The fraction of sp³-hybridized carbons (Fsp3) is 0.385. The Labute approximate surface area is 117 Å². The van der Waals surface area contributed by atoms with Crippen molar-refractivity contribution in [2.75, 3.05) is 13.7 Å². The second kappa shape index (κ2) is 8.42. The van der Waals surface area contributed by atoms with Gasteiger partial charge in [0, 0.05) is 25.1 Å². The fourth-order valence-corrected chi connectivity index (χ4v) is 1.59. The molecule has 0 amide bonds. The predicted octanol–water partition coefficient (Wildman–Crippen LogP) is 1.74. The summed E-state index contributed by atoms with van der Waals surface area (Å²) in [6.45, 7) is 0.897. The molecule has 0 fully saturated rings. The molecule has 0 saturated heterocycles. The Morgan fingerprint density at radius 2 is 2.11 bits per heavy atom. The van der Waals surface area contributed by atoms with E-state index in [-0.39, 0.29) is 11.8 Å². The van der Waals surface area contributed by atoms with Crippen molar-refractivity contribution in [3.8, 4) is 0 Å². The van der Waals surface area contributed by atoms with E-state index in [0.717, 1.165) is 0 Å². The lowest BCUT2D eigenvalue weighted by molar-refractivity contribution is -0.140. The third kappa shape index (κ3) is 6.15. The van der Waals surface area contributed by atoms with Crippen LogP contribution in [0, 0.1) is 5.82 Å². The molecule has 0 spiro atoms. The number of carbonyl (C=O) groups is 1. The summed E-state index contributed by atoms with van der Waals surface area (Å²) in [6.07, 6.45) is 0.980. The third-order valence-electron chi connectivity index (χ3n) is 2.47. The average molecular weight is 284 g/mol. The SMILES string of the molecule is COC(=O)CCCNC(=S)NCc1ccccc1F. The van der Waals surface area contributed by atoms with Crippen LogP contribution in [0.3, 0.4) is 0 Å². The summed E-state index contributed by atoms with van der Waals surface area (Å²) in [4.78, 5) is 10.9. The lowest BCUT2D eigenvalue weighted by atomic mass is 10.2. The zero-order valence-electron chi connectivity index (χ0n) is 10.7. The van der Waals surface area contributed by atoms with Crippen molar-refractivity contribution in [1.29, 1.82) is 0 Å². The van der Waals surface area contributed by atoms with Gasteiger partial charge in [0.25, 0.3) is 0 Å². The number of nitrogens with one attached hydrogen (secondary N) is 2. The summed E-state index contributed by atoms with van der Waals surface area (Å²) < 4.78 is 17.8. The van der Waals surface area contributed by atoms with Crippen molar-refractivity contribution in [2.45, 2.75) is 19.4 Å². The number of thiocarbonyl (C=S) groups is 1. The van der Waals surface area contributed by atoms with E-state index in [9.17, 15) is 9.18 Å². The molecule has 0 aliphatic rings. The molecule has 0 aromatic heterocycles. The van der Waals surface area contributed by atoms with Gasteiger partial charge in [0.05, 0.1) is 7.11 Å². The second-order valence-electron chi connectivity index (χ2n) is 3.88. The lowest BCUT2D eigenvalue weighted by Gasteiger charge is -2.10. The van der Waals surface area contributed by atoms with Crippen LogP contribution < -0.4 is 10.6 Å². The number of hydrogen-bond donors (Lipinski definition) is 2. The summed E-state index contributed by atoms with van der Waals surface area (Å²) in [5.74, 6) is -0.504. The van der Waals surface area contributed by atoms with Crippen molar-refractivity contribution >= 4 is 23.3 Å². The van der Waals surface area contributed by atoms with Crippen LogP contribution in [0.2, 0.25) is 0 Å². The maximum absolute atomic E-state index is 13.3. The Morgan fingerprint density at radius 3 is 2.79 bits per heavy atom. The first-order valence-electron chi connectivity index (χ1n) is 5.95. The molecule has 0 unspecified atom stereocenters. The Kier molecular flexibility index (Phi) is 6.81. The van der Waals surface area contributed by atoms with Crippen LogP contribution in [0.15, 0.2) is 24.3 Å². The number of ether oxygens (including phenoxy) is 1. The van der Waals surface area contributed by atoms with E-state index in [1.54, 1.807) is 18.2 Å². The van der Waals surface area contributed by atoms with Crippen LogP contribution in [0.25, 0.3) is 0 Å². The molecule has 0 atom stereocenters. The highest BCUT2D eigenvalue weighted by Crippen LogP contribution is 2.05. The largest absolute Gasteiger partial charge is 0.469 e. The molecule has 4 nitrogen and oxygen atoms in total. The Morgan fingerprint density at radius 1 is 1.37 bits per heavy atom. The molecule has 0 aliphatic heterocycles. The van der Waals surface area contributed by atoms with Crippen LogP contribution in [0.4, 0.5) is 4.39 Å². The van der Waals surface area contributed by atoms with Gasteiger partial charge in [-0.25, -0.2) is 4.39 Å². The summed E-state index contributed by atoms with van der Waals surface area (Å²) in [5.41, 5.74) is 0.557. The summed E-state index contributed by atoms with van der Waals surface area (Å²) >= 11 is 5.04. The van der Waals surface area contributed by atoms with Crippen LogP contribution in [0.1, 0.15) is 18.4 Å². The van der Waals surface area contributed by atoms with Gasteiger partial charge < -0.3 is 15.4 Å². The minimum Gasteiger partial charge on any atom is -0.469 e. The van der Waals surface area contributed by atoms with Gasteiger partial charge in [-0.3, -0.25) is 4.79 Å². The van der Waals surface area contributed by atoms with Gasteiger partial charge in [-0.05, 0) is 24.7 Å². The molecule has 6 heteroatoms. The molecule has 0 radical (unpaired) electrons. The molecule has 0 heterocycles. The van der Waals surface area contributed by atoms with Crippen LogP contribution in [-0.4, -0.2) is 24.7 Å². The highest BCUT2D eigenvalue weighted by molar-refractivity contribution is 7.80. The number of rotatable bonds is 6. The molecule has 0 bridgehead atoms. The van der Waals surface area contributed by atoms with Crippen molar-refractivity contribution in [2.24, 2.45) is 0 Å². The minimum absolute atomic E-state index is 0.243. The first-order valence-corrected chi connectivity index (χ1v) is 6.36. The molecular formula is C13H17FN2O2S. The normalized spacial score (nSPS) is 9.79. The zero-order chi connectivity index (χ0) is 14.1. The zero-order valence-corrected chi connectivity index (χ0v) is 11.6. The number of halogens is 1. The number of hydrogen-bond acceptors (Lipinski definition) is 3. The molecule has 0 aliphatic carbocycles. The molecular weight excluding hydrogens is 267 g/mol. The monoisotopic (exact) mass is 284 g/mol. The molecule has 0 saturated carbocycles. The van der Waals surface area contributed by atoms with E-state index in [1.165, 1.54) is 13.2 Å². The minimum atomic E-state index is -0.261. The van der Waals surface area contributed by atoms with Gasteiger partial charge in [0.2, 0.25) is 0 Å². The summed E-state index contributed by atoms with van der Waals surface area (Å²) in [6, 6.07) is 6.52. The fourth-order valence-electron chi connectivity index (χ4n) is 1.42. The van der Waals surface area contributed by atoms with Crippen LogP contribution in [-0.2, 0) is 16.1 Å². The van der Waals surface area contributed by atoms with Gasteiger partial charge >= 0.3 is 5.97 Å². The van der Waals surface area contributed by atoms with Crippen LogP contribution in [0.5, 0.6) is 0 Å². The Bertz CT molecular complexity index is 440. The van der Waals surface area contributed by atoms with Crippen molar-refractivity contribution in [3.05, 3.63) is 35.6 Å². The molecule has 1 aromatic rings. The lowest BCUT2D eigenvalue weighted by Crippen LogP contribution is -2.35. The second-order valence-corrected chi connectivity index (χ2v) is 4.29. The van der Waals surface area contributed by atoms with E-state index in [1.807, 2.05) is 0 Å².